The zero-order valence-corrected chi connectivity index (χ0v) is 15.3. The number of benzene rings is 2. The van der Waals surface area contributed by atoms with Crippen molar-refractivity contribution in [1.29, 1.82) is 0 Å². The van der Waals surface area contributed by atoms with Crippen LogP contribution in [0, 0.1) is 0 Å². The summed E-state index contributed by atoms with van der Waals surface area (Å²) in [5.41, 5.74) is 1.35. The Morgan fingerprint density at radius 3 is 2.54 bits per heavy atom. The summed E-state index contributed by atoms with van der Waals surface area (Å²) in [5, 5.41) is 13.8. The molecule has 0 saturated carbocycles. The molecular formula is C17H16ClN3O4S. The highest BCUT2D eigenvalue weighted by Crippen LogP contribution is 2.30. The van der Waals surface area contributed by atoms with Crippen LogP contribution < -0.4 is 9.57 Å². The molecule has 3 rings (SSSR count). The van der Waals surface area contributed by atoms with Crippen molar-refractivity contribution in [2.24, 2.45) is 0 Å². The number of hydrogen-bond acceptors (Lipinski definition) is 5. The number of rotatable bonds is 6. The van der Waals surface area contributed by atoms with Crippen molar-refractivity contribution < 1.29 is 18.3 Å². The highest BCUT2D eigenvalue weighted by molar-refractivity contribution is 7.92. The van der Waals surface area contributed by atoms with Gasteiger partial charge in [-0.05, 0) is 36.4 Å². The third-order valence-electron chi connectivity index (χ3n) is 3.63. The SMILES string of the molecule is COc1ccc(-c2cc(CO)nn2NS(=O)(=O)c2ccccc2)cc1Cl. The molecule has 0 fully saturated rings. The van der Waals surface area contributed by atoms with Gasteiger partial charge in [0.05, 0.1) is 35.0 Å². The van der Waals surface area contributed by atoms with Crippen LogP contribution in [0.4, 0.5) is 0 Å². The van der Waals surface area contributed by atoms with E-state index in [-0.39, 0.29) is 11.5 Å². The molecule has 9 heteroatoms. The lowest BCUT2D eigenvalue weighted by molar-refractivity contribution is 0.276. The maximum atomic E-state index is 12.6. The molecule has 0 saturated heterocycles. The van der Waals surface area contributed by atoms with E-state index in [1.807, 2.05) is 0 Å². The molecule has 7 nitrogen and oxygen atoms in total. The van der Waals surface area contributed by atoms with Crippen LogP contribution in [0.2, 0.25) is 5.02 Å². The fraction of sp³-hybridized carbons (Fsp3) is 0.118. The van der Waals surface area contributed by atoms with Crippen LogP contribution >= 0.6 is 11.6 Å². The first kappa shape index (κ1) is 18.2. The first-order valence-corrected chi connectivity index (χ1v) is 9.42. The van der Waals surface area contributed by atoms with Gasteiger partial charge in [0.25, 0.3) is 10.0 Å². The van der Waals surface area contributed by atoms with E-state index in [1.54, 1.807) is 42.5 Å². The average molecular weight is 394 g/mol. The molecule has 136 valence electrons. The zero-order valence-electron chi connectivity index (χ0n) is 13.8. The second kappa shape index (κ2) is 7.36. The van der Waals surface area contributed by atoms with Gasteiger partial charge in [0, 0.05) is 5.56 Å². The number of ether oxygens (including phenoxy) is 1. The molecule has 2 aromatic carbocycles. The highest BCUT2D eigenvalue weighted by Gasteiger charge is 2.18. The Morgan fingerprint density at radius 2 is 1.92 bits per heavy atom. The molecule has 0 spiro atoms. The van der Waals surface area contributed by atoms with Crippen molar-refractivity contribution in [2.45, 2.75) is 11.5 Å². The molecule has 0 aliphatic heterocycles. The van der Waals surface area contributed by atoms with Crippen LogP contribution in [-0.4, -0.2) is 30.5 Å². The van der Waals surface area contributed by atoms with Crippen LogP contribution in [0.3, 0.4) is 0 Å². The Hall–Kier alpha value is -2.55. The quantitative estimate of drug-likeness (QED) is 0.671. The van der Waals surface area contributed by atoms with E-state index >= 15 is 0 Å². The van der Waals surface area contributed by atoms with Crippen molar-refractivity contribution in [3.63, 3.8) is 0 Å². The van der Waals surface area contributed by atoms with E-state index in [1.165, 1.54) is 19.2 Å². The number of sulfonamides is 1. The van der Waals surface area contributed by atoms with Gasteiger partial charge in [-0.1, -0.05) is 29.8 Å². The predicted octanol–water partition coefficient (Wildman–Crippen LogP) is 2.64. The van der Waals surface area contributed by atoms with Gasteiger partial charge < -0.3 is 9.84 Å². The smallest absolute Gasteiger partial charge is 0.276 e. The van der Waals surface area contributed by atoms with Crippen molar-refractivity contribution in [3.8, 4) is 17.0 Å². The van der Waals surface area contributed by atoms with E-state index in [9.17, 15) is 13.5 Å². The Kier molecular flexibility index (Phi) is 5.17. The van der Waals surface area contributed by atoms with Crippen LogP contribution in [0.25, 0.3) is 11.3 Å². The summed E-state index contributed by atoms with van der Waals surface area (Å²) >= 11 is 6.16. The second-order valence-electron chi connectivity index (χ2n) is 5.35. The average Bonchev–Trinajstić information content (AvgIpc) is 3.04. The fourth-order valence-electron chi connectivity index (χ4n) is 2.37. The van der Waals surface area contributed by atoms with Crippen LogP contribution in [0.5, 0.6) is 5.75 Å². The molecule has 0 aliphatic rings. The fourth-order valence-corrected chi connectivity index (χ4v) is 3.62. The second-order valence-corrected chi connectivity index (χ2v) is 7.42. The van der Waals surface area contributed by atoms with Crippen molar-refractivity contribution >= 4 is 21.6 Å². The van der Waals surface area contributed by atoms with Crippen LogP contribution in [-0.2, 0) is 16.6 Å². The van der Waals surface area contributed by atoms with Gasteiger partial charge in [-0.25, -0.2) is 0 Å². The Bertz CT molecular complexity index is 1020. The summed E-state index contributed by atoms with van der Waals surface area (Å²) in [4.78, 5) is 3.60. The molecule has 1 aromatic heterocycles. The van der Waals surface area contributed by atoms with Crippen LogP contribution in [0.15, 0.2) is 59.5 Å². The van der Waals surface area contributed by atoms with Gasteiger partial charge >= 0.3 is 0 Å². The summed E-state index contributed by atoms with van der Waals surface area (Å²) in [6, 6.07) is 14.5. The van der Waals surface area contributed by atoms with E-state index in [4.69, 9.17) is 16.3 Å². The number of nitrogens with one attached hydrogen (secondary N) is 1. The van der Waals surface area contributed by atoms with Gasteiger partial charge in [-0.3, -0.25) is 0 Å². The first-order valence-electron chi connectivity index (χ1n) is 7.56. The summed E-state index contributed by atoms with van der Waals surface area (Å²) in [6.45, 7) is -0.336. The molecule has 0 amide bonds. The standard InChI is InChI=1S/C17H16ClN3O4S/c1-25-17-8-7-12(9-15(17)18)16-10-13(11-22)19-21(16)20-26(23,24)14-5-3-2-4-6-14/h2-10,20,22H,11H2,1H3. The third-order valence-corrected chi connectivity index (χ3v) is 5.23. The van der Waals surface area contributed by atoms with Crippen molar-refractivity contribution in [2.75, 3.05) is 11.9 Å². The van der Waals surface area contributed by atoms with Gasteiger partial charge in [0.15, 0.2) is 0 Å². The highest BCUT2D eigenvalue weighted by atomic mass is 35.5. The monoisotopic (exact) mass is 393 g/mol. The zero-order chi connectivity index (χ0) is 18.7. The number of halogens is 1. The first-order chi connectivity index (χ1) is 12.4. The summed E-state index contributed by atoms with van der Waals surface area (Å²) in [6.07, 6.45) is 0. The normalized spacial score (nSPS) is 11.3. The number of aliphatic hydroxyl groups excluding tert-OH is 1. The third kappa shape index (κ3) is 3.67. The minimum Gasteiger partial charge on any atom is -0.495 e. The lowest BCUT2D eigenvalue weighted by Crippen LogP contribution is -2.25. The lowest BCUT2D eigenvalue weighted by atomic mass is 10.1. The van der Waals surface area contributed by atoms with E-state index in [0.717, 1.165) is 4.79 Å². The van der Waals surface area contributed by atoms with Gasteiger partial charge in [0.1, 0.15) is 5.75 Å². The van der Waals surface area contributed by atoms with Crippen LogP contribution in [0.1, 0.15) is 5.69 Å². The largest absolute Gasteiger partial charge is 0.495 e. The Labute approximate surface area is 155 Å². The van der Waals surface area contributed by atoms with Crippen molar-refractivity contribution in [3.05, 3.63) is 65.3 Å². The number of aromatic nitrogens is 2. The van der Waals surface area contributed by atoms with Gasteiger partial charge in [-0.2, -0.15) is 23.1 Å². The molecule has 0 radical (unpaired) electrons. The predicted molar refractivity (Wildman–Crippen MR) is 98.1 cm³/mol. The maximum Gasteiger partial charge on any atom is 0.276 e. The maximum absolute atomic E-state index is 12.6. The molecule has 1 heterocycles. The topological polar surface area (TPSA) is 93.4 Å². The van der Waals surface area contributed by atoms with Gasteiger partial charge in [-0.15, -0.1) is 0 Å². The number of aliphatic hydroxyl groups is 1. The minimum atomic E-state index is -3.85. The molecule has 0 aliphatic carbocycles. The van der Waals surface area contributed by atoms with E-state index in [0.29, 0.717) is 27.7 Å². The molecule has 2 N–H and O–H groups in total. The number of nitrogens with zero attached hydrogens (tertiary/aromatic N) is 2. The molecule has 3 aromatic rings. The summed E-state index contributed by atoms with van der Waals surface area (Å²) < 4.78 is 30.3. The summed E-state index contributed by atoms with van der Waals surface area (Å²) in [5.74, 6) is 0.494. The number of methoxy groups -OCH3 is 1. The molecule has 0 bridgehead atoms. The minimum absolute atomic E-state index is 0.0970. The molecule has 0 unspecified atom stereocenters. The molecule has 26 heavy (non-hydrogen) atoms. The Balaban J connectivity index is 2.03. The van der Waals surface area contributed by atoms with Crippen molar-refractivity contribution in [1.82, 2.24) is 9.89 Å². The summed E-state index contributed by atoms with van der Waals surface area (Å²) in [7, 11) is -2.35. The molecule has 0 atom stereocenters. The van der Waals surface area contributed by atoms with E-state index < -0.39 is 10.0 Å². The van der Waals surface area contributed by atoms with Gasteiger partial charge in [0.2, 0.25) is 0 Å². The number of hydrogen-bond donors (Lipinski definition) is 2. The molecular weight excluding hydrogens is 378 g/mol. The Morgan fingerprint density at radius 1 is 1.19 bits per heavy atom. The lowest BCUT2D eigenvalue weighted by Gasteiger charge is -2.12. The van der Waals surface area contributed by atoms with E-state index in [2.05, 4.69) is 9.93 Å².